The van der Waals surface area contributed by atoms with Crippen molar-refractivity contribution in [2.75, 3.05) is 0 Å². The molecule has 0 aliphatic rings. The second kappa shape index (κ2) is 8.62. The van der Waals surface area contributed by atoms with Gasteiger partial charge in [0, 0.05) is 33.8 Å². The summed E-state index contributed by atoms with van der Waals surface area (Å²) in [5, 5.41) is 4.15. The summed E-state index contributed by atoms with van der Waals surface area (Å²) in [5.74, 6) is -0.897. The molecule has 4 aromatic rings. The van der Waals surface area contributed by atoms with Crippen LogP contribution in [0.4, 0.5) is 4.39 Å². The molecular weight excluding hydrogens is 417 g/mol. The second-order valence-electron chi connectivity index (χ2n) is 7.03. The summed E-state index contributed by atoms with van der Waals surface area (Å²) in [6, 6.07) is 14.6. The highest BCUT2D eigenvalue weighted by Crippen LogP contribution is 2.32. The minimum atomic E-state index is -0.499. The molecule has 2 aromatic carbocycles. The minimum absolute atomic E-state index is 0.273. The summed E-state index contributed by atoms with van der Waals surface area (Å²) in [4.78, 5) is 32.7. The average molecular weight is 434 g/mol. The monoisotopic (exact) mass is 433 g/mol. The number of amides is 1. The molecule has 0 saturated carbocycles. The van der Waals surface area contributed by atoms with Gasteiger partial charge in [0.15, 0.2) is 6.29 Å². The Balaban J connectivity index is 1.80. The number of nitrogens with one attached hydrogen (secondary N) is 1. The molecule has 0 bridgehead atoms. The molecule has 7 heteroatoms. The van der Waals surface area contributed by atoms with E-state index in [0.717, 1.165) is 11.6 Å². The van der Waals surface area contributed by atoms with Crippen molar-refractivity contribution in [2.45, 2.75) is 13.0 Å². The van der Waals surface area contributed by atoms with E-state index in [4.69, 9.17) is 11.6 Å². The van der Waals surface area contributed by atoms with Crippen molar-refractivity contribution in [3.63, 3.8) is 0 Å². The van der Waals surface area contributed by atoms with Crippen LogP contribution in [0.3, 0.4) is 0 Å². The fourth-order valence-electron chi connectivity index (χ4n) is 3.44. The van der Waals surface area contributed by atoms with E-state index < -0.39 is 17.8 Å². The van der Waals surface area contributed by atoms with Gasteiger partial charge in [0.05, 0.1) is 28.5 Å². The van der Waals surface area contributed by atoms with Gasteiger partial charge in [-0.3, -0.25) is 14.6 Å². The zero-order valence-electron chi connectivity index (χ0n) is 16.5. The van der Waals surface area contributed by atoms with E-state index in [1.54, 1.807) is 37.3 Å². The van der Waals surface area contributed by atoms with Crippen LogP contribution < -0.4 is 5.32 Å². The van der Waals surface area contributed by atoms with Crippen LogP contribution in [0, 0.1) is 5.82 Å². The molecule has 154 valence electrons. The van der Waals surface area contributed by atoms with Gasteiger partial charge >= 0.3 is 0 Å². The molecular formula is C24H17ClFN3O2. The molecule has 0 aliphatic carbocycles. The van der Waals surface area contributed by atoms with Crippen LogP contribution in [0.2, 0.25) is 5.02 Å². The Kier molecular flexibility index (Phi) is 5.73. The van der Waals surface area contributed by atoms with Gasteiger partial charge < -0.3 is 5.32 Å². The van der Waals surface area contributed by atoms with Crippen LogP contribution >= 0.6 is 11.6 Å². The maximum Gasteiger partial charge on any atom is 0.252 e. The quantitative estimate of drug-likeness (QED) is 0.428. The Morgan fingerprint density at radius 1 is 1.13 bits per heavy atom. The Bertz CT molecular complexity index is 1310. The highest BCUT2D eigenvalue weighted by atomic mass is 35.5. The van der Waals surface area contributed by atoms with Crippen LogP contribution in [0.1, 0.15) is 39.2 Å². The standard InChI is InChI=1S/C24H17ClFN3O2/c1-14(28-24(31)19-7-3-2-5-16(19)13-30)20-10-15-6-4-8-21(25)23(15)29-22(20)17-9-18(26)12-27-11-17/h2-14H,1H3,(H,28,31)/t14-/m0/s1. The lowest BCUT2D eigenvalue weighted by Gasteiger charge is -2.19. The molecule has 0 radical (unpaired) electrons. The van der Waals surface area contributed by atoms with Crippen LogP contribution in [0.15, 0.2) is 67.0 Å². The van der Waals surface area contributed by atoms with Crippen molar-refractivity contribution >= 4 is 34.7 Å². The van der Waals surface area contributed by atoms with E-state index >= 15 is 0 Å². The fraction of sp³-hybridized carbons (Fsp3) is 0.0833. The number of carbonyl (C=O) groups is 2. The number of nitrogens with zero attached hydrogens (tertiary/aromatic N) is 2. The summed E-state index contributed by atoms with van der Waals surface area (Å²) >= 11 is 6.32. The first-order valence-electron chi connectivity index (χ1n) is 9.53. The van der Waals surface area contributed by atoms with Crippen molar-refractivity contribution in [1.82, 2.24) is 15.3 Å². The predicted octanol–water partition coefficient (Wildman–Crippen LogP) is 5.39. The van der Waals surface area contributed by atoms with Gasteiger partial charge in [-0.05, 0) is 31.2 Å². The number of fused-ring (bicyclic) bond motifs is 1. The van der Waals surface area contributed by atoms with Crippen LogP contribution in [-0.4, -0.2) is 22.2 Å². The van der Waals surface area contributed by atoms with Crippen molar-refractivity contribution in [3.05, 3.63) is 94.5 Å². The van der Waals surface area contributed by atoms with E-state index in [1.165, 1.54) is 12.3 Å². The van der Waals surface area contributed by atoms with Crippen molar-refractivity contribution in [1.29, 1.82) is 0 Å². The molecule has 0 spiro atoms. The molecule has 31 heavy (non-hydrogen) atoms. The Morgan fingerprint density at radius 2 is 1.94 bits per heavy atom. The third-order valence-corrected chi connectivity index (χ3v) is 5.26. The van der Waals surface area contributed by atoms with Gasteiger partial charge in [-0.25, -0.2) is 9.37 Å². The van der Waals surface area contributed by atoms with Gasteiger partial charge in [0.1, 0.15) is 5.82 Å². The number of carbonyl (C=O) groups excluding carboxylic acids is 2. The van der Waals surface area contributed by atoms with E-state index in [0.29, 0.717) is 39.2 Å². The summed E-state index contributed by atoms with van der Waals surface area (Å²) < 4.78 is 13.9. The lowest BCUT2D eigenvalue weighted by molar-refractivity contribution is 0.0934. The predicted molar refractivity (Wildman–Crippen MR) is 118 cm³/mol. The summed E-state index contributed by atoms with van der Waals surface area (Å²) in [7, 11) is 0. The molecule has 2 aromatic heterocycles. The first-order chi connectivity index (χ1) is 15.0. The van der Waals surface area contributed by atoms with Crippen LogP contribution in [-0.2, 0) is 0 Å². The van der Waals surface area contributed by atoms with Gasteiger partial charge in [-0.1, -0.05) is 41.9 Å². The third kappa shape index (κ3) is 4.15. The fourth-order valence-corrected chi connectivity index (χ4v) is 3.66. The SMILES string of the molecule is C[C@H](NC(=O)c1ccccc1C=O)c1cc2cccc(Cl)c2nc1-c1cncc(F)c1. The lowest BCUT2D eigenvalue weighted by Crippen LogP contribution is -2.28. The normalized spacial score (nSPS) is 11.8. The van der Waals surface area contributed by atoms with Crippen molar-refractivity contribution in [2.24, 2.45) is 0 Å². The number of halogens is 2. The smallest absolute Gasteiger partial charge is 0.252 e. The highest BCUT2D eigenvalue weighted by molar-refractivity contribution is 6.35. The molecule has 4 rings (SSSR count). The van der Waals surface area contributed by atoms with Crippen LogP contribution in [0.25, 0.3) is 22.2 Å². The van der Waals surface area contributed by atoms with Gasteiger partial charge in [0.2, 0.25) is 0 Å². The number of para-hydroxylation sites is 1. The molecule has 0 aliphatic heterocycles. The van der Waals surface area contributed by atoms with Gasteiger partial charge in [-0.2, -0.15) is 0 Å². The Morgan fingerprint density at radius 3 is 2.71 bits per heavy atom. The molecule has 5 nitrogen and oxygen atoms in total. The largest absolute Gasteiger partial charge is 0.345 e. The van der Waals surface area contributed by atoms with E-state index in [2.05, 4.69) is 15.3 Å². The molecule has 0 fully saturated rings. The maximum absolute atomic E-state index is 13.9. The molecule has 0 unspecified atom stereocenters. The number of aromatic nitrogens is 2. The van der Waals surface area contributed by atoms with E-state index in [1.807, 2.05) is 18.2 Å². The van der Waals surface area contributed by atoms with E-state index in [-0.39, 0.29) is 5.56 Å². The molecule has 1 N–H and O–H groups in total. The number of hydrogen-bond donors (Lipinski definition) is 1. The van der Waals surface area contributed by atoms with Crippen LogP contribution in [0.5, 0.6) is 0 Å². The number of rotatable bonds is 5. The maximum atomic E-state index is 13.9. The zero-order chi connectivity index (χ0) is 22.0. The Labute approximate surface area is 182 Å². The van der Waals surface area contributed by atoms with Gasteiger partial charge in [0.25, 0.3) is 5.91 Å². The number of aldehydes is 1. The number of hydrogen-bond acceptors (Lipinski definition) is 4. The number of pyridine rings is 2. The number of benzene rings is 2. The van der Waals surface area contributed by atoms with Crippen molar-refractivity contribution in [3.8, 4) is 11.3 Å². The van der Waals surface area contributed by atoms with Crippen molar-refractivity contribution < 1.29 is 14.0 Å². The average Bonchev–Trinajstić information content (AvgIpc) is 2.78. The second-order valence-corrected chi connectivity index (χ2v) is 7.44. The molecule has 2 heterocycles. The first-order valence-corrected chi connectivity index (χ1v) is 9.91. The lowest BCUT2D eigenvalue weighted by atomic mass is 9.98. The summed E-state index contributed by atoms with van der Waals surface area (Å²) in [6.45, 7) is 1.80. The molecule has 1 atom stereocenters. The Hall–Kier alpha value is -3.64. The van der Waals surface area contributed by atoms with E-state index in [9.17, 15) is 14.0 Å². The first kappa shape index (κ1) is 20.6. The topological polar surface area (TPSA) is 72.0 Å². The molecule has 0 saturated heterocycles. The summed E-state index contributed by atoms with van der Waals surface area (Å²) in [5.41, 5.74) is 2.73. The minimum Gasteiger partial charge on any atom is -0.345 e. The highest BCUT2D eigenvalue weighted by Gasteiger charge is 2.20. The van der Waals surface area contributed by atoms with Gasteiger partial charge in [-0.15, -0.1) is 0 Å². The zero-order valence-corrected chi connectivity index (χ0v) is 17.2. The summed E-state index contributed by atoms with van der Waals surface area (Å²) in [6.07, 6.45) is 3.26. The third-order valence-electron chi connectivity index (χ3n) is 4.95. The molecule has 1 amide bonds.